The summed E-state index contributed by atoms with van der Waals surface area (Å²) in [6.07, 6.45) is 1.01. The van der Waals surface area contributed by atoms with Crippen molar-refractivity contribution < 1.29 is 24.5 Å². The van der Waals surface area contributed by atoms with Crippen LogP contribution in [0.5, 0.6) is 0 Å². The van der Waals surface area contributed by atoms with Crippen LogP contribution < -0.4 is 16.4 Å². The third-order valence-electron chi connectivity index (χ3n) is 6.64. The second-order valence-corrected chi connectivity index (χ2v) is 8.54. The molecule has 5 N–H and O–H groups in total. The summed E-state index contributed by atoms with van der Waals surface area (Å²) in [5.41, 5.74) is 5.14. The van der Waals surface area contributed by atoms with Gasteiger partial charge in [-0.25, -0.2) is 0 Å². The fourth-order valence-corrected chi connectivity index (χ4v) is 5.39. The molecule has 1 aromatic carbocycles. The summed E-state index contributed by atoms with van der Waals surface area (Å²) in [6, 6.07) is 4.50. The molecule has 8 nitrogen and oxygen atoms in total. The Hall–Kier alpha value is -2.45. The molecular formula is C20H24ClN4O4+. The molecular weight excluding hydrogens is 396 g/mol. The maximum atomic E-state index is 13.5. The van der Waals surface area contributed by atoms with E-state index in [9.17, 15) is 19.2 Å². The minimum Gasteiger partial charge on any atom is -0.370 e. The number of likely N-dealkylation sites (tertiary alicyclic amines) is 1. The van der Waals surface area contributed by atoms with Crippen LogP contribution in [-0.2, 0) is 24.7 Å². The summed E-state index contributed by atoms with van der Waals surface area (Å²) in [6.45, 7) is 3.73. The Morgan fingerprint density at radius 1 is 1.34 bits per heavy atom. The number of carbonyl (C=O) groups excluding carboxylic acids is 4. The first-order valence-corrected chi connectivity index (χ1v) is 10.2. The molecule has 5 atom stereocenters. The number of carbonyl (C=O) groups is 4. The van der Waals surface area contributed by atoms with E-state index in [2.05, 4.69) is 5.32 Å². The number of benzene rings is 1. The highest BCUT2D eigenvalue weighted by atomic mass is 35.5. The molecule has 9 heteroatoms. The number of nitrogens with two attached hydrogens (primary N) is 2. The molecule has 3 heterocycles. The van der Waals surface area contributed by atoms with Gasteiger partial charge in [0, 0.05) is 24.4 Å². The first-order valence-electron chi connectivity index (χ1n) is 9.85. The van der Waals surface area contributed by atoms with Crippen LogP contribution in [-0.4, -0.2) is 40.6 Å². The zero-order valence-corrected chi connectivity index (χ0v) is 17.0. The van der Waals surface area contributed by atoms with Gasteiger partial charge in [-0.2, -0.15) is 0 Å². The Bertz CT molecular complexity index is 935. The van der Waals surface area contributed by atoms with Gasteiger partial charge < -0.3 is 16.4 Å². The molecule has 4 rings (SSSR count). The topological polar surface area (TPSA) is 126 Å². The van der Waals surface area contributed by atoms with Gasteiger partial charge in [-0.15, -0.1) is 0 Å². The summed E-state index contributed by atoms with van der Waals surface area (Å²) in [4.78, 5) is 52.7. The van der Waals surface area contributed by atoms with E-state index in [1.54, 1.807) is 23.5 Å². The van der Waals surface area contributed by atoms with Crippen LogP contribution in [0.25, 0.3) is 0 Å². The van der Waals surface area contributed by atoms with Gasteiger partial charge in [-0.05, 0) is 25.5 Å². The highest BCUT2D eigenvalue weighted by Crippen LogP contribution is 2.51. The van der Waals surface area contributed by atoms with Crippen LogP contribution in [0.4, 0.5) is 5.69 Å². The molecule has 3 aliphatic heterocycles. The van der Waals surface area contributed by atoms with Crippen LogP contribution in [0.2, 0.25) is 5.02 Å². The van der Waals surface area contributed by atoms with Gasteiger partial charge in [0.25, 0.3) is 5.91 Å². The summed E-state index contributed by atoms with van der Waals surface area (Å²) < 4.78 is 0. The van der Waals surface area contributed by atoms with Crippen molar-refractivity contribution in [3.05, 3.63) is 28.8 Å². The van der Waals surface area contributed by atoms with Gasteiger partial charge in [0.1, 0.15) is 17.9 Å². The number of nitrogens with one attached hydrogen (secondary N) is 1. The molecule has 4 amide bonds. The number of rotatable bonds is 5. The molecule has 154 valence electrons. The molecule has 0 bridgehead atoms. The molecule has 29 heavy (non-hydrogen) atoms. The SMILES string of the molecule is CC[C@H](C)N1C(=O)[C@@H]2[C@H](CCC(N)=O)[NH2+][C@@]3(C(=O)Nc4c(Cl)cccc43)[C@@H]2C1=O. The number of quaternary nitrogens is 1. The lowest BCUT2D eigenvalue weighted by atomic mass is 9.76. The molecule has 1 aromatic rings. The number of fused-ring (bicyclic) bond motifs is 4. The predicted molar refractivity (Wildman–Crippen MR) is 104 cm³/mol. The Labute approximate surface area is 173 Å². The Morgan fingerprint density at radius 2 is 2.07 bits per heavy atom. The Balaban J connectivity index is 1.86. The molecule has 0 unspecified atom stereocenters. The van der Waals surface area contributed by atoms with Gasteiger partial charge in [-0.1, -0.05) is 24.6 Å². The Kier molecular flexibility index (Phi) is 4.66. The van der Waals surface area contributed by atoms with Crippen LogP contribution in [0.15, 0.2) is 18.2 Å². The third-order valence-corrected chi connectivity index (χ3v) is 6.96. The number of amides is 4. The van der Waals surface area contributed by atoms with Crippen LogP contribution in [0, 0.1) is 11.8 Å². The fourth-order valence-electron chi connectivity index (χ4n) is 5.17. The quantitative estimate of drug-likeness (QED) is 0.585. The average molecular weight is 420 g/mol. The molecule has 3 aliphatic rings. The van der Waals surface area contributed by atoms with Gasteiger partial charge >= 0.3 is 0 Å². The van der Waals surface area contributed by atoms with Crippen molar-refractivity contribution in [2.24, 2.45) is 17.6 Å². The lowest BCUT2D eigenvalue weighted by Gasteiger charge is -2.28. The lowest BCUT2D eigenvalue weighted by molar-refractivity contribution is -0.734. The second kappa shape index (κ2) is 6.81. The maximum absolute atomic E-state index is 13.5. The number of imide groups is 1. The normalized spacial score (nSPS) is 31.2. The number of hydrogen-bond donors (Lipinski definition) is 3. The van der Waals surface area contributed by atoms with Crippen LogP contribution in [0.3, 0.4) is 0 Å². The largest absolute Gasteiger partial charge is 0.370 e. The van der Waals surface area contributed by atoms with E-state index in [0.29, 0.717) is 29.1 Å². The van der Waals surface area contributed by atoms with Gasteiger partial charge in [0.15, 0.2) is 0 Å². The molecule has 2 saturated heterocycles. The predicted octanol–water partition coefficient (Wildman–Crippen LogP) is 0.0982. The average Bonchev–Trinajstić information content (AvgIpc) is 3.26. The molecule has 2 fully saturated rings. The molecule has 0 aromatic heterocycles. The standard InChI is InChI=1S/C20H23ClN4O4/c1-3-9(2)25-17(27)14-12(7-8-13(22)26)24-20(15(14)18(25)28)10-5-4-6-11(21)16(10)23-19(20)29/h4-6,9,12,14-15,24H,3,7-8H2,1-2H3,(H2,22,26)(H,23,29)/p+1/t9-,12-,14+,15-,20+/m0/s1. The monoisotopic (exact) mass is 419 g/mol. The van der Waals surface area contributed by atoms with Crippen molar-refractivity contribution >= 4 is 40.9 Å². The van der Waals surface area contributed by atoms with E-state index < -0.39 is 29.3 Å². The smallest absolute Gasteiger partial charge is 0.291 e. The molecule has 1 spiro atoms. The summed E-state index contributed by atoms with van der Waals surface area (Å²) in [7, 11) is 0. The number of halogens is 1. The van der Waals surface area contributed by atoms with Gasteiger partial charge in [0.2, 0.25) is 23.3 Å². The number of nitrogens with zero attached hydrogens (tertiary/aromatic N) is 1. The number of primary amides is 1. The van der Waals surface area contributed by atoms with Crippen LogP contribution in [0.1, 0.15) is 38.7 Å². The van der Waals surface area contributed by atoms with Crippen molar-refractivity contribution in [3.8, 4) is 0 Å². The van der Waals surface area contributed by atoms with E-state index in [4.69, 9.17) is 17.3 Å². The fraction of sp³-hybridized carbons (Fsp3) is 0.500. The summed E-state index contributed by atoms with van der Waals surface area (Å²) in [5.74, 6) is -2.99. The summed E-state index contributed by atoms with van der Waals surface area (Å²) >= 11 is 6.29. The first kappa shape index (κ1) is 19.8. The highest BCUT2D eigenvalue weighted by molar-refractivity contribution is 6.35. The zero-order valence-electron chi connectivity index (χ0n) is 16.3. The second-order valence-electron chi connectivity index (χ2n) is 8.13. The maximum Gasteiger partial charge on any atom is 0.291 e. The van der Waals surface area contributed by atoms with E-state index in [0.717, 1.165) is 0 Å². The van der Waals surface area contributed by atoms with Crippen molar-refractivity contribution in [1.29, 1.82) is 0 Å². The first-order chi connectivity index (χ1) is 13.7. The van der Waals surface area contributed by atoms with Crippen molar-refractivity contribution in [2.75, 3.05) is 5.32 Å². The Morgan fingerprint density at radius 3 is 2.72 bits per heavy atom. The minimum atomic E-state index is -1.28. The van der Waals surface area contributed by atoms with E-state index >= 15 is 0 Å². The number of para-hydroxylation sites is 1. The van der Waals surface area contributed by atoms with E-state index in [1.165, 1.54) is 4.90 Å². The van der Waals surface area contributed by atoms with Crippen molar-refractivity contribution in [2.45, 2.75) is 50.7 Å². The number of anilines is 1. The van der Waals surface area contributed by atoms with Crippen molar-refractivity contribution in [3.63, 3.8) is 0 Å². The minimum absolute atomic E-state index is 0.0787. The van der Waals surface area contributed by atoms with Crippen molar-refractivity contribution in [1.82, 2.24) is 4.90 Å². The third kappa shape index (κ3) is 2.62. The molecule has 0 aliphatic carbocycles. The lowest BCUT2D eigenvalue weighted by Crippen LogP contribution is -2.99. The van der Waals surface area contributed by atoms with E-state index in [1.807, 2.05) is 13.8 Å². The molecule has 0 radical (unpaired) electrons. The summed E-state index contributed by atoms with van der Waals surface area (Å²) in [5, 5.41) is 4.98. The van der Waals surface area contributed by atoms with Crippen LogP contribution >= 0.6 is 11.6 Å². The molecule has 0 saturated carbocycles. The van der Waals surface area contributed by atoms with Gasteiger partial charge in [-0.3, -0.25) is 24.1 Å². The number of hydrogen-bond acceptors (Lipinski definition) is 4. The highest BCUT2D eigenvalue weighted by Gasteiger charge is 2.74. The van der Waals surface area contributed by atoms with E-state index in [-0.39, 0.29) is 30.2 Å². The van der Waals surface area contributed by atoms with Gasteiger partial charge in [0.05, 0.1) is 10.7 Å². The zero-order chi connectivity index (χ0) is 21.1.